The maximum Gasteiger partial charge on any atom is 0.418 e. The molecule has 462 valence electrons. The lowest BCUT2D eigenvalue weighted by atomic mass is 9.80. The first-order chi connectivity index (χ1) is 42.5. The average Bonchev–Trinajstić information content (AvgIpc) is 1.18. The molecule has 3 aromatic heterocycles. The van der Waals surface area contributed by atoms with Gasteiger partial charge in [-0.2, -0.15) is 10.2 Å². The van der Waals surface area contributed by atoms with Crippen molar-refractivity contribution in [2.45, 2.75) is 94.4 Å². The molecule has 4 atom stereocenters. The van der Waals surface area contributed by atoms with Gasteiger partial charge in [0.2, 0.25) is 17.8 Å². The van der Waals surface area contributed by atoms with Crippen LogP contribution in [0.4, 0.5) is 10.7 Å². The summed E-state index contributed by atoms with van der Waals surface area (Å²) in [5.41, 5.74) is 1.56. The maximum absolute atomic E-state index is 13.7. The van der Waals surface area contributed by atoms with Crippen molar-refractivity contribution in [2.24, 2.45) is 0 Å². The highest BCUT2D eigenvalue weighted by Gasteiger charge is 2.45. The zero-order valence-electron chi connectivity index (χ0n) is 49.8. The third kappa shape index (κ3) is 14.7. The molecule has 25 heteroatoms. The highest BCUT2D eigenvalue weighted by molar-refractivity contribution is 7.91. The number of para-hydroxylation sites is 1. The molecule has 0 saturated carbocycles. The van der Waals surface area contributed by atoms with Crippen LogP contribution in [-0.2, 0) is 54.7 Å². The van der Waals surface area contributed by atoms with Gasteiger partial charge in [-0.1, -0.05) is 72.8 Å². The van der Waals surface area contributed by atoms with Crippen molar-refractivity contribution >= 4 is 64.3 Å². The number of carbonyl (C=O) groups excluding carboxylic acids is 3. The van der Waals surface area contributed by atoms with Crippen molar-refractivity contribution < 1.29 is 60.3 Å². The third-order valence-corrected chi connectivity index (χ3v) is 18.6. The minimum atomic E-state index is -3.78. The van der Waals surface area contributed by atoms with E-state index in [9.17, 15) is 32.9 Å². The van der Waals surface area contributed by atoms with Crippen molar-refractivity contribution in [1.82, 2.24) is 34.1 Å². The van der Waals surface area contributed by atoms with Crippen LogP contribution in [0.2, 0.25) is 0 Å². The molecule has 0 bridgehead atoms. The Kier molecular flexibility index (Phi) is 21.1. The molecule has 88 heavy (non-hydrogen) atoms. The summed E-state index contributed by atoms with van der Waals surface area (Å²) in [7, 11) is -0.889. The van der Waals surface area contributed by atoms with Crippen LogP contribution < -0.4 is 30.4 Å². The van der Waals surface area contributed by atoms with Gasteiger partial charge in [-0.3, -0.25) is 33.8 Å². The number of aromatic amines is 1. The summed E-state index contributed by atoms with van der Waals surface area (Å²) in [6.07, 6.45) is -0.325. The maximum atomic E-state index is 13.7. The van der Waals surface area contributed by atoms with Crippen LogP contribution in [0.25, 0.3) is 22.1 Å². The minimum Gasteiger partial charge on any atom is -0.497 e. The number of amides is 2. The summed E-state index contributed by atoms with van der Waals surface area (Å²) in [6, 6.07) is 40.1. The second-order valence-electron chi connectivity index (χ2n) is 21.1. The van der Waals surface area contributed by atoms with E-state index in [0.717, 1.165) is 16.7 Å². The number of hydrogen-bond acceptors (Lipinski definition) is 18. The van der Waals surface area contributed by atoms with Crippen molar-refractivity contribution in [3.8, 4) is 23.3 Å². The third-order valence-electron chi connectivity index (χ3n) is 14.7. The van der Waals surface area contributed by atoms with Gasteiger partial charge in [-0.15, -0.1) is 0 Å². The number of benzene rings is 5. The Bertz CT molecular complexity index is 3860. The standard InChI is InChI=1S/C63H70N9O14PS/c1-41(2)72(42(3)4)87(84-33-13-31-64)86-53-37-57(85-54(53)39-83-63(44-14-9-8-10-15-44,45-18-22-47(79-5)23-19-45)46-20-24-48(80-6)25-21-46)71-40-66-58-59(71)68-61(69-60(58)75)67-55(73)30-32-65-56(74)36-43-38-70(52-17-12-11-16-51(43)52)62(76)82-34-35-88(77,78)50-28-26-49(81-7)27-29-50/h8-12,14-29,38,40-42,53-54,57H,13,30,32-37,39H2,1-7H3,(H,65,74)(H2,67,68,69,73,75)/t53-,54-,57-,87?/m1/s1. The fourth-order valence-corrected chi connectivity index (χ4v) is 13.4. The summed E-state index contributed by atoms with van der Waals surface area (Å²) in [6.45, 7) is 7.75. The Labute approximate surface area is 510 Å². The number of ether oxygens (including phenoxy) is 6. The fraction of sp³-hybridized carbons (Fsp3) is 0.349. The number of H-pyrrole nitrogens is 1. The molecule has 1 aliphatic heterocycles. The quantitative estimate of drug-likeness (QED) is 0.0234. The average molecular weight is 1240 g/mol. The van der Waals surface area contributed by atoms with Crippen molar-refractivity contribution in [2.75, 3.05) is 58.8 Å². The number of imidazole rings is 1. The highest BCUT2D eigenvalue weighted by atomic mass is 32.2. The zero-order chi connectivity index (χ0) is 62.5. The van der Waals surface area contributed by atoms with E-state index in [0.29, 0.717) is 33.7 Å². The lowest BCUT2D eigenvalue weighted by molar-refractivity contribution is -0.120. The van der Waals surface area contributed by atoms with Crippen LogP contribution in [0.5, 0.6) is 17.2 Å². The van der Waals surface area contributed by atoms with E-state index in [2.05, 4.69) is 36.3 Å². The summed E-state index contributed by atoms with van der Waals surface area (Å²) in [4.78, 5) is 65.6. The second-order valence-corrected chi connectivity index (χ2v) is 24.6. The topological polar surface area (TPSA) is 279 Å². The van der Waals surface area contributed by atoms with Crippen LogP contribution in [-0.4, -0.2) is 133 Å². The second kappa shape index (κ2) is 29.0. The number of anilines is 1. The van der Waals surface area contributed by atoms with Crippen LogP contribution >= 0.6 is 8.53 Å². The summed E-state index contributed by atoms with van der Waals surface area (Å²) in [5, 5.41) is 15.5. The number of nitrogens with zero attached hydrogens (tertiary/aromatic N) is 6. The van der Waals surface area contributed by atoms with E-state index >= 15 is 0 Å². The van der Waals surface area contributed by atoms with Gasteiger partial charge in [0.15, 0.2) is 21.0 Å². The van der Waals surface area contributed by atoms with Gasteiger partial charge in [0.05, 0.1) is 82.1 Å². The number of nitriles is 1. The Hall–Kier alpha value is -8.53. The van der Waals surface area contributed by atoms with Crippen molar-refractivity contribution in [1.29, 1.82) is 5.26 Å². The van der Waals surface area contributed by atoms with E-state index in [-0.39, 0.29) is 79.5 Å². The number of aromatic nitrogens is 5. The van der Waals surface area contributed by atoms with Crippen LogP contribution in [0, 0.1) is 11.3 Å². The molecule has 5 aromatic carbocycles. The Morgan fingerprint density at radius 2 is 1.44 bits per heavy atom. The van der Waals surface area contributed by atoms with Gasteiger partial charge in [-0.25, -0.2) is 22.9 Å². The number of nitrogens with one attached hydrogen (secondary N) is 3. The molecule has 1 unspecified atom stereocenters. The van der Waals surface area contributed by atoms with Crippen LogP contribution in [0.1, 0.15) is 75.4 Å². The molecular formula is C63H70N9O14PS. The van der Waals surface area contributed by atoms with Crippen molar-refractivity contribution in [3.63, 3.8) is 0 Å². The first kappa shape index (κ1) is 64.0. The molecule has 0 radical (unpaired) electrons. The minimum absolute atomic E-state index is 0.0178. The SMILES string of the molecule is COc1ccc(C(OC[C@H]2O[C@@H](n3cnc4c(=O)[nH]c(NC(=O)CCNC(=O)Cc5cn(C(=O)OCCS(=O)(=O)c6ccc(OC)cc6)c6ccccc56)nc43)C[C@H]2OP(OCCC#N)N(C(C)C)C(C)C)(c2ccccc2)c2ccc(OC)cc2)cc1. The van der Waals surface area contributed by atoms with Crippen LogP contribution in [0.3, 0.4) is 0 Å². The van der Waals surface area contributed by atoms with E-state index in [4.69, 9.17) is 37.5 Å². The number of methoxy groups -OCH3 is 3. The predicted octanol–water partition coefficient (Wildman–Crippen LogP) is 9.20. The summed E-state index contributed by atoms with van der Waals surface area (Å²) < 4.78 is 80.3. The first-order valence-corrected chi connectivity index (χ1v) is 31.3. The summed E-state index contributed by atoms with van der Waals surface area (Å²) >= 11 is 0. The van der Waals surface area contributed by atoms with E-state index < -0.39 is 78.2 Å². The molecule has 1 saturated heterocycles. The number of carbonyl (C=O) groups is 3. The molecule has 0 aliphatic carbocycles. The smallest absolute Gasteiger partial charge is 0.418 e. The number of sulfone groups is 1. The van der Waals surface area contributed by atoms with Gasteiger partial charge in [0.25, 0.3) is 14.1 Å². The van der Waals surface area contributed by atoms with E-state index in [1.807, 2.05) is 107 Å². The molecule has 2 amide bonds. The largest absolute Gasteiger partial charge is 0.497 e. The Morgan fingerprint density at radius 1 is 0.830 bits per heavy atom. The van der Waals surface area contributed by atoms with Gasteiger partial charge in [0.1, 0.15) is 41.8 Å². The van der Waals surface area contributed by atoms with Gasteiger partial charge >= 0.3 is 6.09 Å². The predicted molar refractivity (Wildman–Crippen MR) is 329 cm³/mol. The van der Waals surface area contributed by atoms with Gasteiger partial charge < -0.3 is 42.8 Å². The molecule has 8 aromatic rings. The number of rotatable bonds is 28. The molecule has 4 heterocycles. The first-order valence-electron chi connectivity index (χ1n) is 28.5. The van der Waals surface area contributed by atoms with Gasteiger partial charge in [-0.05, 0) is 105 Å². The highest BCUT2D eigenvalue weighted by Crippen LogP contribution is 2.51. The molecule has 9 rings (SSSR count). The zero-order valence-corrected chi connectivity index (χ0v) is 51.5. The lowest BCUT2D eigenvalue weighted by Crippen LogP contribution is -2.39. The fourth-order valence-electron chi connectivity index (χ4n) is 10.5. The van der Waals surface area contributed by atoms with Crippen molar-refractivity contribution in [3.05, 3.63) is 173 Å². The van der Waals surface area contributed by atoms with Crippen LogP contribution in [0.15, 0.2) is 150 Å². The molecule has 1 aliphatic rings. The van der Waals surface area contributed by atoms with Gasteiger partial charge in [0, 0.05) is 43.1 Å². The normalized spacial score (nSPS) is 15.6. The van der Waals surface area contributed by atoms with E-state index in [1.54, 1.807) is 43.1 Å². The molecule has 0 spiro atoms. The monoisotopic (exact) mass is 1240 g/mol. The molecule has 3 N–H and O–H groups in total. The summed E-state index contributed by atoms with van der Waals surface area (Å²) in [5.74, 6) is 0.141. The van der Waals surface area contributed by atoms with E-state index in [1.165, 1.54) is 48.5 Å². The molecule has 1 fully saturated rings. The Balaban J connectivity index is 0.915. The number of hydrogen-bond donors (Lipinski definition) is 3. The molecule has 23 nitrogen and oxygen atoms in total. The lowest BCUT2D eigenvalue weighted by Gasteiger charge is -2.39. The Morgan fingerprint density at radius 3 is 2.07 bits per heavy atom. The number of fused-ring (bicyclic) bond motifs is 2. The molecular weight excluding hydrogens is 1170 g/mol.